The van der Waals surface area contributed by atoms with E-state index in [1.54, 1.807) is 12.1 Å². The van der Waals surface area contributed by atoms with Gasteiger partial charge >= 0.3 is 0 Å². The maximum absolute atomic E-state index is 15.2. The molecule has 9 rings (SSSR count). The highest BCUT2D eigenvalue weighted by molar-refractivity contribution is 7.00. The summed E-state index contributed by atoms with van der Waals surface area (Å²) in [5, 5.41) is 0. The van der Waals surface area contributed by atoms with Gasteiger partial charge in [0, 0.05) is 40.6 Å². The molecule has 2 heterocycles. The Hall–Kier alpha value is -5.68. The van der Waals surface area contributed by atoms with Crippen LogP contribution < -0.4 is 26.2 Å². The molecule has 0 aromatic heterocycles. The van der Waals surface area contributed by atoms with Crippen LogP contribution in [0, 0.1) is 5.82 Å². The zero-order chi connectivity index (χ0) is 31.5. The molecule has 5 heteroatoms. The Morgan fingerprint density at radius 1 is 0.468 bits per heavy atom. The van der Waals surface area contributed by atoms with Crippen LogP contribution in [-0.4, -0.2) is 6.71 Å². The normalized spacial score (nSPS) is 14.6. The molecule has 0 spiro atoms. The highest BCUT2D eigenvalue weighted by atomic mass is 19.1. The molecular weight excluding hydrogens is 581 g/mol. The van der Waals surface area contributed by atoms with Gasteiger partial charge in [-0.3, -0.25) is 0 Å². The lowest BCUT2D eigenvalue weighted by molar-refractivity contribution is 0.580. The van der Waals surface area contributed by atoms with Crippen molar-refractivity contribution in [3.05, 3.63) is 169 Å². The van der Waals surface area contributed by atoms with Crippen LogP contribution >= 0.6 is 0 Å². The number of anilines is 5. The van der Waals surface area contributed by atoms with Gasteiger partial charge in [0.1, 0.15) is 11.6 Å². The van der Waals surface area contributed by atoms with Crippen molar-refractivity contribution >= 4 is 51.5 Å². The van der Waals surface area contributed by atoms with Crippen LogP contribution in [0.1, 0.15) is 12.8 Å². The van der Waals surface area contributed by atoms with Gasteiger partial charge in [-0.05, 0) is 106 Å². The van der Waals surface area contributed by atoms with Crippen LogP contribution in [0.4, 0.5) is 37.2 Å². The molecule has 0 saturated heterocycles. The fraction of sp³-hybridized carbons (Fsp3) is 0.0476. The van der Waals surface area contributed by atoms with Crippen LogP contribution in [0.2, 0.25) is 0 Å². The molecule has 0 amide bonds. The van der Waals surface area contributed by atoms with Crippen LogP contribution in [-0.2, 0) is 0 Å². The van der Waals surface area contributed by atoms with E-state index in [1.165, 1.54) is 6.07 Å². The smallest absolute Gasteiger partial charge is 0.252 e. The van der Waals surface area contributed by atoms with Gasteiger partial charge in [-0.25, -0.2) is 8.78 Å². The second kappa shape index (κ2) is 11.0. The Morgan fingerprint density at radius 2 is 1.15 bits per heavy atom. The molecule has 224 valence electrons. The predicted molar refractivity (Wildman–Crippen MR) is 192 cm³/mol. The Morgan fingerprint density at radius 3 is 1.87 bits per heavy atom. The van der Waals surface area contributed by atoms with Crippen molar-refractivity contribution in [3.63, 3.8) is 0 Å². The third kappa shape index (κ3) is 4.53. The van der Waals surface area contributed by atoms with Gasteiger partial charge in [-0.2, -0.15) is 0 Å². The summed E-state index contributed by atoms with van der Waals surface area (Å²) in [7, 11) is 0. The van der Waals surface area contributed by atoms with E-state index >= 15 is 4.39 Å². The number of rotatable bonds is 4. The van der Waals surface area contributed by atoms with Gasteiger partial charge in [0.15, 0.2) is 0 Å². The summed E-state index contributed by atoms with van der Waals surface area (Å²) in [4.78, 5) is 4.58. The van der Waals surface area contributed by atoms with Crippen molar-refractivity contribution in [3.8, 4) is 22.3 Å². The summed E-state index contributed by atoms with van der Waals surface area (Å²) in [6.07, 6.45) is 4.34. The molecule has 0 radical (unpaired) electrons. The van der Waals surface area contributed by atoms with Gasteiger partial charge in [-0.15, -0.1) is 0 Å². The average Bonchev–Trinajstić information content (AvgIpc) is 3.12. The monoisotopic (exact) mass is 610 g/mol. The molecule has 0 bridgehead atoms. The molecule has 0 unspecified atom stereocenters. The second-order valence-electron chi connectivity index (χ2n) is 12.3. The highest BCUT2D eigenvalue weighted by Crippen LogP contribution is 2.44. The maximum atomic E-state index is 15.2. The molecule has 3 aliphatic rings. The Labute approximate surface area is 273 Å². The largest absolute Gasteiger partial charge is 0.315 e. The van der Waals surface area contributed by atoms with Crippen molar-refractivity contribution in [2.45, 2.75) is 12.8 Å². The number of halogens is 2. The number of hydrogen-bond donors (Lipinski definition) is 0. The summed E-state index contributed by atoms with van der Waals surface area (Å²) in [6.45, 7) is -0.187. The molecule has 2 aliphatic heterocycles. The molecule has 0 fully saturated rings. The van der Waals surface area contributed by atoms with Gasteiger partial charge in [0.2, 0.25) is 0 Å². The number of allylic oxidation sites excluding steroid dienone is 4. The summed E-state index contributed by atoms with van der Waals surface area (Å²) in [6, 6.07) is 47.7. The molecule has 0 atom stereocenters. The molecular formula is C42H29BF2N2. The number of fused-ring (bicyclic) bond motifs is 4. The molecule has 0 N–H and O–H groups in total. The minimum atomic E-state index is -0.270. The Balaban J connectivity index is 1.33. The Kier molecular flexibility index (Phi) is 6.46. The van der Waals surface area contributed by atoms with Crippen LogP contribution in [0.25, 0.3) is 22.3 Å². The quantitative estimate of drug-likeness (QED) is 0.183. The van der Waals surface area contributed by atoms with Crippen molar-refractivity contribution in [2.24, 2.45) is 0 Å². The first-order valence-electron chi connectivity index (χ1n) is 16.1. The predicted octanol–water partition coefficient (Wildman–Crippen LogP) is 9.44. The van der Waals surface area contributed by atoms with Crippen LogP contribution in [0.5, 0.6) is 0 Å². The van der Waals surface area contributed by atoms with E-state index < -0.39 is 0 Å². The van der Waals surface area contributed by atoms with E-state index in [9.17, 15) is 4.39 Å². The Bertz CT molecular complexity index is 2240. The first kappa shape index (κ1) is 27.6. The molecule has 6 aromatic rings. The lowest BCUT2D eigenvalue weighted by Gasteiger charge is -2.45. The zero-order valence-electron chi connectivity index (χ0n) is 25.6. The van der Waals surface area contributed by atoms with Crippen molar-refractivity contribution in [1.29, 1.82) is 0 Å². The van der Waals surface area contributed by atoms with Gasteiger partial charge < -0.3 is 9.80 Å². The van der Waals surface area contributed by atoms with E-state index in [0.29, 0.717) is 12.8 Å². The number of hydrogen-bond acceptors (Lipinski definition) is 2. The molecule has 47 heavy (non-hydrogen) atoms. The molecule has 6 aromatic carbocycles. The van der Waals surface area contributed by atoms with Crippen LogP contribution in [0.3, 0.4) is 0 Å². The summed E-state index contributed by atoms with van der Waals surface area (Å²) >= 11 is 0. The number of benzene rings is 6. The van der Waals surface area contributed by atoms with Gasteiger partial charge in [0.25, 0.3) is 6.71 Å². The maximum Gasteiger partial charge on any atom is 0.252 e. The summed E-state index contributed by atoms with van der Waals surface area (Å²) in [5.74, 6) is -0.390. The van der Waals surface area contributed by atoms with E-state index in [1.807, 2.05) is 24.3 Å². The van der Waals surface area contributed by atoms with Crippen molar-refractivity contribution < 1.29 is 8.78 Å². The molecule has 1 aliphatic carbocycles. The third-order valence-corrected chi connectivity index (χ3v) is 9.64. The average molecular weight is 611 g/mol. The van der Waals surface area contributed by atoms with Gasteiger partial charge in [-0.1, -0.05) is 91.0 Å². The standard InChI is InChI=1S/C42H29BF2N2/c44-32-18-21-34(22-19-32)46-38-24-20-33(45)27-37(38)43-36-23-17-31(29-11-5-2-6-12-29)26-41(36)47(40-16-8-15-39(46)42(40)43)35-14-7-13-30(25-35)28-9-3-1-4-10-28/h1-18,20-21,23-27H,19,22H2. The fourth-order valence-corrected chi connectivity index (χ4v) is 7.55. The van der Waals surface area contributed by atoms with Crippen LogP contribution in [0.15, 0.2) is 163 Å². The minimum Gasteiger partial charge on any atom is -0.315 e. The highest BCUT2D eigenvalue weighted by Gasteiger charge is 2.43. The molecule has 2 nitrogen and oxygen atoms in total. The van der Waals surface area contributed by atoms with E-state index in [2.05, 4.69) is 119 Å². The molecule has 0 saturated carbocycles. The zero-order valence-corrected chi connectivity index (χ0v) is 25.6. The summed E-state index contributed by atoms with van der Waals surface area (Å²) in [5.41, 5.74) is 13.8. The van der Waals surface area contributed by atoms with E-state index in [0.717, 1.165) is 72.8 Å². The van der Waals surface area contributed by atoms with E-state index in [4.69, 9.17) is 0 Å². The van der Waals surface area contributed by atoms with Gasteiger partial charge in [0.05, 0.1) is 0 Å². The second-order valence-corrected chi connectivity index (χ2v) is 12.3. The minimum absolute atomic E-state index is 0.120. The van der Waals surface area contributed by atoms with E-state index in [-0.39, 0.29) is 18.4 Å². The summed E-state index contributed by atoms with van der Waals surface area (Å²) < 4.78 is 29.4. The SMILES string of the molecule is FC1=CC=C(N2c3ccc(F)cc3B3c4ccc(-c5ccccc5)cc4N(c4cccc(-c5ccccc5)c4)c4cccc2c43)CC1. The first-order chi connectivity index (χ1) is 23.1. The first-order valence-corrected chi connectivity index (χ1v) is 16.1. The van der Waals surface area contributed by atoms with Crippen molar-refractivity contribution in [2.75, 3.05) is 9.80 Å². The van der Waals surface area contributed by atoms with Crippen molar-refractivity contribution in [1.82, 2.24) is 0 Å². The lowest BCUT2D eigenvalue weighted by Crippen LogP contribution is -2.61. The number of nitrogens with zero attached hydrogens (tertiary/aromatic N) is 2. The topological polar surface area (TPSA) is 6.48 Å². The third-order valence-electron chi connectivity index (χ3n) is 9.64. The fourth-order valence-electron chi connectivity index (χ4n) is 7.55. The lowest BCUT2D eigenvalue weighted by atomic mass is 9.33.